The summed E-state index contributed by atoms with van der Waals surface area (Å²) in [7, 11) is 0.662. The van der Waals surface area contributed by atoms with Gasteiger partial charge in [-0.2, -0.15) is 4.31 Å². The first-order valence-electron chi connectivity index (χ1n) is 11.0. The van der Waals surface area contributed by atoms with Gasteiger partial charge in [0.25, 0.3) is 5.91 Å². The molecule has 0 aromatic heterocycles. The molecular weight excluding hydrogens is 460 g/mol. The number of para-hydroxylation sites is 1. The van der Waals surface area contributed by atoms with Gasteiger partial charge in [0.2, 0.25) is 10.0 Å². The summed E-state index contributed by atoms with van der Waals surface area (Å²) < 4.78 is 43.3. The molecule has 34 heavy (non-hydrogen) atoms. The number of carbonyl (C=O) groups excluding carboxylic acids is 2. The predicted molar refractivity (Wildman–Crippen MR) is 127 cm³/mol. The number of methoxy groups -OCH3 is 2. The van der Waals surface area contributed by atoms with Gasteiger partial charge in [-0.15, -0.1) is 0 Å². The van der Waals surface area contributed by atoms with E-state index in [9.17, 15) is 18.0 Å². The fourth-order valence-electron chi connectivity index (χ4n) is 3.92. The summed E-state index contributed by atoms with van der Waals surface area (Å²) in [5, 5.41) is 2.56. The fraction of sp³-hybridized carbons (Fsp3) is 0.417. The van der Waals surface area contributed by atoms with Crippen LogP contribution in [-0.2, 0) is 19.6 Å². The van der Waals surface area contributed by atoms with Crippen molar-refractivity contribution in [2.24, 2.45) is 0 Å². The first-order chi connectivity index (χ1) is 16.3. The third-order valence-corrected chi connectivity index (χ3v) is 7.80. The number of hydrogen-bond acceptors (Lipinski definition) is 7. The fourth-order valence-corrected chi connectivity index (χ4v) is 5.48. The van der Waals surface area contributed by atoms with Gasteiger partial charge in [-0.1, -0.05) is 31.4 Å². The molecule has 3 rings (SSSR count). The van der Waals surface area contributed by atoms with Crippen LogP contribution in [0.15, 0.2) is 47.4 Å². The average Bonchev–Trinajstić information content (AvgIpc) is 2.87. The van der Waals surface area contributed by atoms with E-state index in [0.717, 1.165) is 32.1 Å². The lowest BCUT2D eigenvalue weighted by atomic mass is 9.96. The molecule has 0 atom stereocenters. The first kappa shape index (κ1) is 25.5. The molecule has 0 aliphatic heterocycles. The van der Waals surface area contributed by atoms with Crippen LogP contribution in [0.5, 0.6) is 11.5 Å². The highest BCUT2D eigenvalue weighted by Gasteiger charge is 2.31. The third kappa shape index (κ3) is 6.06. The molecule has 1 aliphatic carbocycles. The van der Waals surface area contributed by atoms with Crippen molar-refractivity contribution in [2.75, 3.05) is 33.2 Å². The molecule has 184 valence electrons. The number of esters is 1. The maximum absolute atomic E-state index is 13.3. The summed E-state index contributed by atoms with van der Waals surface area (Å²) in [6.45, 7) is -0.592. The first-order valence-corrected chi connectivity index (χ1v) is 12.5. The van der Waals surface area contributed by atoms with Crippen LogP contribution < -0.4 is 14.8 Å². The van der Waals surface area contributed by atoms with E-state index < -0.39 is 28.5 Å². The molecule has 2 aromatic rings. The monoisotopic (exact) mass is 490 g/mol. The van der Waals surface area contributed by atoms with Gasteiger partial charge in [-0.05, 0) is 37.1 Å². The topological polar surface area (TPSA) is 111 Å². The second-order valence-corrected chi connectivity index (χ2v) is 10.0. The molecular formula is C24H30N2O7S. The Labute approximate surface area is 200 Å². The highest BCUT2D eigenvalue weighted by atomic mass is 32.2. The Balaban J connectivity index is 1.68. The number of nitrogens with zero attached hydrogens (tertiary/aromatic N) is 1. The molecule has 1 N–H and O–H groups in total. The number of carbonyl (C=O) groups is 2. The molecule has 9 nitrogen and oxygen atoms in total. The van der Waals surface area contributed by atoms with Crippen molar-refractivity contribution in [3.63, 3.8) is 0 Å². The van der Waals surface area contributed by atoms with E-state index >= 15 is 0 Å². The minimum absolute atomic E-state index is 0.000261. The zero-order valence-corrected chi connectivity index (χ0v) is 20.4. The normalized spacial score (nSPS) is 14.5. The standard InChI is InChI=1S/C24H30N2O7S/c1-26(18-9-5-4-6-10-18)34(29,30)22-12-8-7-11-21(22)25-23(27)16-33-24(28)17-13-19(31-2)15-20(14-17)32-3/h7-8,11-15,18H,4-6,9-10,16H2,1-3H3,(H,25,27). The van der Waals surface area contributed by atoms with Crippen molar-refractivity contribution in [3.8, 4) is 11.5 Å². The summed E-state index contributed by atoms with van der Waals surface area (Å²) in [4.78, 5) is 24.9. The van der Waals surface area contributed by atoms with Gasteiger partial charge >= 0.3 is 5.97 Å². The summed E-state index contributed by atoms with van der Waals surface area (Å²) in [5.74, 6) is -0.606. The molecule has 10 heteroatoms. The summed E-state index contributed by atoms with van der Waals surface area (Å²) >= 11 is 0. The van der Waals surface area contributed by atoms with Crippen molar-refractivity contribution in [1.29, 1.82) is 0 Å². The number of rotatable bonds is 9. The van der Waals surface area contributed by atoms with Crippen molar-refractivity contribution in [3.05, 3.63) is 48.0 Å². The highest BCUT2D eigenvalue weighted by molar-refractivity contribution is 7.89. The van der Waals surface area contributed by atoms with E-state index in [1.54, 1.807) is 25.2 Å². The molecule has 1 saturated carbocycles. The van der Waals surface area contributed by atoms with Crippen LogP contribution >= 0.6 is 0 Å². The number of benzene rings is 2. The predicted octanol–water partition coefficient (Wildman–Crippen LogP) is 3.45. The second kappa shape index (κ2) is 11.3. The van der Waals surface area contributed by atoms with Crippen LogP contribution in [0.1, 0.15) is 42.5 Å². The zero-order chi connectivity index (χ0) is 24.7. The van der Waals surface area contributed by atoms with Crippen LogP contribution in [0.25, 0.3) is 0 Å². The molecule has 0 unspecified atom stereocenters. The number of nitrogens with one attached hydrogen (secondary N) is 1. The average molecular weight is 491 g/mol. The van der Waals surface area contributed by atoms with Crippen LogP contribution in [0.4, 0.5) is 5.69 Å². The lowest BCUT2D eigenvalue weighted by Gasteiger charge is -2.30. The van der Waals surface area contributed by atoms with Gasteiger partial charge in [-0.25, -0.2) is 13.2 Å². The quantitative estimate of drug-likeness (QED) is 0.536. The number of anilines is 1. The Morgan fingerprint density at radius 3 is 2.24 bits per heavy atom. The Morgan fingerprint density at radius 2 is 1.62 bits per heavy atom. The molecule has 0 bridgehead atoms. The van der Waals surface area contributed by atoms with Gasteiger partial charge in [0.1, 0.15) is 16.4 Å². The minimum atomic E-state index is -3.82. The van der Waals surface area contributed by atoms with Gasteiger partial charge in [0.05, 0.1) is 25.5 Å². The van der Waals surface area contributed by atoms with E-state index in [2.05, 4.69) is 5.32 Å². The number of sulfonamides is 1. The Kier molecular flexibility index (Phi) is 8.51. The van der Waals surface area contributed by atoms with E-state index in [0.29, 0.717) is 11.5 Å². The van der Waals surface area contributed by atoms with Crippen LogP contribution in [-0.4, -0.2) is 58.5 Å². The second-order valence-electron chi connectivity index (χ2n) is 8.03. The molecule has 1 fully saturated rings. The number of ether oxygens (including phenoxy) is 3. The molecule has 0 heterocycles. The van der Waals surface area contributed by atoms with Gasteiger partial charge in [0, 0.05) is 19.2 Å². The molecule has 1 aliphatic rings. The Bertz CT molecular complexity index is 1110. The van der Waals surface area contributed by atoms with Crippen molar-refractivity contribution < 1.29 is 32.2 Å². The molecule has 2 aromatic carbocycles. The summed E-state index contributed by atoms with van der Waals surface area (Å²) in [6.07, 6.45) is 4.73. The lowest BCUT2D eigenvalue weighted by molar-refractivity contribution is -0.119. The van der Waals surface area contributed by atoms with Crippen LogP contribution in [0.3, 0.4) is 0 Å². The Morgan fingerprint density at radius 1 is 1.00 bits per heavy atom. The smallest absolute Gasteiger partial charge is 0.338 e. The van der Waals surface area contributed by atoms with Crippen LogP contribution in [0.2, 0.25) is 0 Å². The van der Waals surface area contributed by atoms with E-state index in [1.165, 1.54) is 42.8 Å². The zero-order valence-electron chi connectivity index (χ0n) is 19.6. The molecule has 0 saturated heterocycles. The van der Waals surface area contributed by atoms with Crippen LogP contribution in [0, 0.1) is 0 Å². The molecule has 0 spiro atoms. The highest BCUT2D eigenvalue weighted by Crippen LogP contribution is 2.30. The SMILES string of the molecule is COc1cc(OC)cc(C(=O)OCC(=O)Nc2ccccc2S(=O)(=O)N(C)C2CCCCC2)c1. The number of hydrogen-bond donors (Lipinski definition) is 1. The molecule has 0 radical (unpaired) electrons. The van der Waals surface area contributed by atoms with Crippen molar-refractivity contribution in [2.45, 2.75) is 43.0 Å². The minimum Gasteiger partial charge on any atom is -0.497 e. The summed E-state index contributed by atoms with van der Waals surface area (Å²) in [5.41, 5.74) is 0.287. The Hall–Kier alpha value is -3.11. The van der Waals surface area contributed by atoms with E-state index in [-0.39, 0.29) is 22.2 Å². The van der Waals surface area contributed by atoms with E-state index in [1.807, 2.05) is 0 Å². The third-order valence-electron chi connectivity index (χ3n) is 5.83. The van der Waals surface area contributed by atoms with Gasteiger partial charge in [-0.3, -0.25) is 4.79 Å². The van der Waals surface area contributed by atoms with Gasteiger partial charge in [0.15, 0.2) is 6.61 Å². The van der Waals surface area contributed by atoms with Gasteiger partial charge < -0.3 is 19.5 Å². The number of amides is 1. The lowest BCUT2D eigenvalue weighted by Crippen LogP contribution is -2.38. The largest absolute Gasteiger partial charge is 0.497 e. The maximum atomic E-state index is 13.3. The van der Waals surface area contributed by atoms with Crippen molar-refractivity contribution in [1.82, 2.24) is 4.31 Å². The van der Waals surface area contributed by atoms with E-state index in [4.69, 9.17) is 14.2 Å². The van der Waals surface area contributed by atoms with Crippen molar-refractivity contribution >= 4 is 27.6 Å². The summed E-state index contributed by atoms with van der Waals surface area (Å²) in [6, 6.07) is 10.7. The molecule has 1 amide bonds. The maximum Gasteiger partial charge on any atom is 0.338 e.